The number of para-hydroxylation sites is 1. The molecule has 0 spiro atoms. The molecule has 0 amide bonds. The molecule has 1 aromatic carbocycles. The van der Waals surface area contributed by atoms with Crippen molar-refractivity contribution >= 4 is 5.78 Å². The standard InChI is InChI=1S/C14H17N2O3/c1-15-7-8-16(10-15)9-12(17)11-5-4-6-13(18-2)14(11)19-3/h4-8,10H,9H2,1-3H3/q+1. The van der Waals surface area contributed by atoms with Crippen LogP contribution in [0.2, 0.25) is 0 Å². The van der Waals surface area contributed by atoms with Crippen LogP contribution >= 0.6 is 0 Å². The van der Waals surface area contributed by atoms with Crippen molar-refractivity contribution in [1.82, 2.24) is 4.57 Å². The van der Waals surface area contributed by atoms with Crippen LogP contribution in [0.3, 0.4) is 0 Å². The molecular weight excluding hydrogens is 244 g/mol. The molecule has 1 aromatic heterocycles. The number of hydrogen-bond acceptors (Lipinski definition) is 3. The van der Waals surface area contributed by atoms with Crippen molar-refractivity contribution in [2.75, 3.05) is 14.2 Å². The first kappa shape index (κ1) is 13.1. The third-order valence-corrected chi connectivity index (χ3v) is 2.85. The smallest absolute Gasteiger partial charge is 0.243 e. The van der Waals surface area contributed by atoms with Crippen molar-refractivity contribution in [1.29, 1.82) is 0 Å². The lowest BCUT2D eigenvalue weighted by molar-refractivity contribution is -0.671. The molecule has 2 aromatic rings. The van der Waals surface area contributed by atoms with Gasteiger partial charge in [0.25, 0.3) is 0 Å². The van der Waals surface area contributed by atoms with Gasteiger partial charge in [-0.25, -0.2) is 9.13 Å². The molecule has 0 saturated heterocycles. The number of methoxy groups -OCH3 is 2. The van der Waals surface area contributed by atoms with E-state index in [1.165, 1.54) is 7.11 Å². The molecule has 0 atom stereocenters. The van der Waals surface area contributed by atoms with E-state index in [0.29, 0.717) is 17.1 Å². The maximum Gasteiger partial charge on any atom is 0.243 e. The fourth-order valence-corrected chi connectivity index (χ4v) is 1.95. The van der Waals surface area contributed by atoms with Crippen LogP contribution < -0.4 is 14.0 Å². The predicted octanol–water partition coefficient (Wildman–Crippen LogP) is 1.21. The lowest BCUT2D eigenvalue weighted by atomic mass is 10.1. The first-order valence-corrected chi connectivity index (χ1v) is 5.91. The first-order valence-electron chi connectivity index (χ1n) is 5.91. The van der Waals surface area contributed by atoms with Gasteiger partial charge < -0.3 is 9.47 Å². The number of aryl methyl sites for hydroxylation is 1. The highest BCUT2D eigenvalue weighted by Gasteiger charge is 2.18. The second kappa shape index (κ2) is 5.56. The molecule has 2 rings (SSSR count). The Morgan fingerprint density at radius 1 is 1.32 bits per heavy atom. The minimum Gasteiger partial charge on any atom is -0.493 e. The summed E-state index contributed by atoms with van der Waals surface area (Å²) in [6.07, 6.45) is 5.59. The molecule has 1 heterocycles. The number of rotatable bonds is 5. The van der Waals surface area contributed by atoms with Crippen LogP contribution in [0.1, 0.15) is 10.4 Å². The van der Waals surface area contributed by atoms with Gasteiger partial charge in [-0.15, -0.1) is 0 Å². The molecule has 0 radical (unpaired) electrons. The van der Waals surface area contributed by atoms with Crippen molar-refractivity contribution in [3.05, 3.63) is 42.5 Å². The van der Waals surface area contributed by atoms with E-state index < -0.39 is 0 Å². The minimum atomic E-state index is -0.0213. The van der Waals surface area contributed by atoms with Gasteiger partial charge in [-0.2, -0.15) is 0 Å². The number of benzene rings is 1. The Hall–Kier alpha value is -2.30. The zero-order valence-electron chi connectivity index (χ0n) is 11.3. The Morgan fingerprint density at radius 3 is 2.68 bits per heavy atom. The molecule has 0 saturated carbocycles. The van der Waals surface area contributed by atoms with E-state index in [9.17, 15) is 4.79 Å². The Balaban J connectivity index is 2.28. The quantitative estimate of drug-likeness (QED) is 0.600. The van der Waals surface area contributed by atoms with Gasteiger partial charge >= 0.3 is 0 Å². The number of ketones is 1. The summed E-state index contributed by atoms with van der Waals surface area (Å²) < 4.78 is 14.2. The molecule has 0 N–H and O–H groups in total. The SMILES string of the molecule is COc1cccc(C(=O)Cn2cc[n+](C)c2)c1OC. The van der Waals surface area contributed by atoms with E-state index >= 15 is 0 Å². The predicted molar refractivity (Wildman–Crippen MR) is 69.5 cm³/mol. The summed E-state index contributed by atoms with van der Waals surface area (Å²) in [7, 11) is 5.00. The number of aromatic nitrogens is 2. The average molecular weight is 261 g/mol. The first-order chi connectivity index (χ1) is 9.15. The van der Waals surface area contributed by atoms with Gasteiger partial charge in [0, 0.05) is 0 Å². The highest BCUT2D eigenvalue weighted by molar-refractivity contribution is 5.99. The third-order valence-electron chi connectivity index (χ3n) is 2.85. The zero-order valence-corrected chi connectivity index (χ0v) is 11.3. The maximum atomic E-state index is 12.3. The van der Waals surface area contributed by atoms with E-state index in [4.69, 9.17) is 9.47 Å². The normalized spacial score (nSPS) is 10.3. The number of carbonyl (C=O) groups excluding carboxylic acids is 1. The average Bonchev–Trinajstić information content (AvgIpc) is 2.82. The summed E-state index contributed by atoms with van der Waals surface area (Å²) in [5.74, 6) is 1.02. The fourth-order valence-electron chi connectivity index (χ4n) is 1.95. The second-order valence-electron chi connectivity index (χ2n) is 4.22. The van der Waals surface area contributed by atoms with Gasteiger partial charge in [-0.1, -0.05) is 6.07 Å². The Kier molecular flexibility index (Phi) is 3.85. The molecule has 100 valence electrons. The van der Waals surface area contributed by atoms with Crippen molar-refractivity contribution in [2.45, 2.75) is 6.54 Å². The molecule has 5 heteroatoms. The van der Waals surface area contributed by atoms with Gasteiger partial charge in [-0.3, -0.25) is 4.79 Å². The van der Waals surface area contributed by atoms with Gasteiger partial charge in [-0.05, 0) is 12.1 Å². The van der Waals surface area contributed by atoms with Crippen LogP contribution in [-0.4, -0.2) is 24.6 Å². The number of carbonyl (C=O) groups is 1. The van der Waals surface area contributed by atoms with Crippen LogP contribution in [0, 0.1) is 0 Å². The van der Waals surface area contributed by atoms with Crippen LogP contribution in [-0.2, 0) is 13.6 Å². The summed E-state index contributed by atoms with van der Waals surface area (Å²) in [6, 6.07) is 5.29. The van der Waals surface area contributed by atoms with Crippen LogP contribution in [0.15, 0.2) is 36.9 Å². The van der Waals surface area contributed by atoms with Gasteiger partial charge in [0.1, 0.15) is 12.4 Å². The molecule has 19 heavy (non-hydrogen) atoms. The topological polar surface area (TPSA) is 44.3 Å². The summed E-state index contributed by atoms with van der Waals surface area (Å²) in [4.78, 5) is 12.3. The van der Waals surface area contributed by atoms with E-state index in [1.807, 2.05) is 34.9 Å². The second-order valence-corrected chi connectivity index (χ2v) is 4.22. The minimum absolute atomic E-state index is 0.0213. The lowest BCUT2D eigenvalue weighted by Crippen LogP contribution is -2.24. The van der Waals surface area contributed by atoms with E-state index in [2.05, 4.69) is 0 Å². The van der Waals surface area contributed by atoms with Crippen LogP contribution in [0.5, 0.6) is 11.5 Å². The van der Waals surface area contributed by atoms with Crippen molar-refractivity contribution in [3.8, 4) is 11.5 Å². The van der Waals surface area contributed by atoms with Gasteiger partial charge in [0.15, 0.2) is 18.0 Å². The molecule has 0 aliphatic heterocycles. The highest BCUT2D eigenvalue weighted by Crippen LogP contribution is 2.31. The van der Waals surface area contributed by atoms with E-state index in [1.54, 1.807) is 25.3 Å². The van der Waals surface area contributed by atoms with Crippen LogP contribution in [0.25, 0.3) is 0 Å². The fraction of sp³-hybridized carbons (Fsp3) is 0.286. The molecule has 0 aliphatic rings. The van der Waals surface area contributed by atoms with Crippen molar-refractivity contribution in [2.24, 2.45) is 7.05 Å². The lowest BCUT2D eigenvalue weighted by Gasteiger charge is -2.10. The van der Waals surface area contributed by atoms with Crippen molar-refractivity contribution in [3.63, 3.8) is 0 Å². The van der Waals surface area contributed by atoms with Gasteiger partial charge in [0.2, 0.25) is 12.1 Å². The third kappa shape index (κ3) is 2.76. The largest absolute Gasteiger partial charge is 0.493 e. The maximum absolute atomic E-state index is 12.3. The van der Waals surface area contributed by atoms with Gasteiger partial charge in [0.05, 0.1) is 26.8 Å². The van der Waals surface area contributed by atoms with Crippen LogP contribution in [0.4, 0.5) is 0 Å². The van der Waals surface area contributed by atoms with E-state index in [0.717, 1.165) is 0 Å². The Labute approximate surface area is 112 Å². The van der Waals surface area contributed by atoms with E-state index in [-0.39, 0.29) is 12.3 Å². The molecule has 0 bridgehead atoms. The number of ether oxygens (including phenoxy) is 2. The molecule has 0 fully saturated rings. The van der Waals surface area contributed by atoms with Crippen molar-refractivity contribution < 1.29 is 18.8 Å². The highest BCUT2D eigenvalue weighted by atomic mass is 16.5. The number of imidazole rings is 1. The molecular formula is C14H17N2O3+. The zero-order chi connectivity index (χ0) is 13.8. The number of Topliss-reactive ketones (excluding diaryl/α,β-unsaturated/α-hetero) is 1. The summed E-state index contributed by atoms with van der Waals surface area (Å²) in [5.41, 5.74) is 0.526. The molecule has 0 unspecified atom stereocenters. The summed E-state index contributed by atoms with van der Waals surface area (Å²) in [6.45, 7) is 0.268. The summed E-state index contributed by atoms with van der Waals surface area (Å²) >= 11 is 0. The number of hydrogen-bond donors (Lipinski definition) is 0. The number of nitrogens with zero attached hydrogens (tertiary/aromatic N) is 2. The monoisotopic (exact) mass is 261 g/mol. The molecule has 5 nitrogen and oxygen atoms in total. The summed E-state index contributed by atoms with van der Waals surface area (Å²) in [5, 5.41) is 0. The molecule has 0 aliphatic carbocycles. The Bertz CT molecular complexity index is 590. The Morgan fingerprint density at radius 2 is 2.11 bits per heavy atom.